The van der Waals surface area contributed by atoms with Crippen molar-refractivity contribution in [2.45, 2.75) is 63.1 Å². The van der Waals surface area contributed by atoms with Crippen molar-refractivity contribution in [3.05, 3.63) is 77.9 Å². The maximum atomic E-state index is 14.9. The molecule has 8 nitrogen and oxygen atoms in total. The average molecular weight is 630 g/mol. The quantitative estimate of drug-likeness (QED) is 0.438. The minimum absolute atomic E-state index is 0.106. The van der Waals surface area contributed by atoms with Crippen LogP contribution in [0.2, 0.25) is 0 Å². The lowest BCUT2D eigenvalue weighted by molar-refractivity contribution is -0.143. The Balaban J connectivity index is 1.48. The highest BCUT2D eigenvalue weighted by molar-refractivity contribution is 8.02. The minimum atomic E-state index is -0.996. The molecule has 2 fully saturated rings. The van der Waals surface area contributed by atoms with E-state index in [-0.39, 0.29) is 30.2 Å². The molecule has 0 aromatic heterocycles. The van der Waals surface area contributed by atoms with Gasteiger partial charge in [0.15, 0.2) is 0 Å². The SMILES string of the molecule is CCOc1ccc(N2CC=C[C@@]3(C)S[C@]45C=CCN(c6cc(C)ccc6C)C(=O)C4N([C@@H](CO)C(C)C)C(=O)[C@@H]5[C@H]3C2=O)cc1. The van der Waals surface area contributed by atoms with Crippen molar-refractivity contribution in [3.63, 3.8) is 0 Å². The molecular weight excluding hydrogens is 586 g/mol. The van der Waals surface area contributed by atoms with E-state index in [9.17, 15) is 19.5 Å². The smallest absolute Gasteiger partial charge is 0.251 e. The molecule has 0 bridgehead atoms. The van der Waals surface area contributed by atoms with Gasteiger partial charge in [0.1, 0.15) is 11.8 Å². The van der Waals surface area contributed by atoms with E-state index in [2.05, 4.69) is 6.08 Å². The molecule has 1 spiro atoms. The number of rotatable bonds is 7. The molecule has 1 N–H and O–H groups in total. The minimum Gasteiger partial charge on any atom is -0.494 e. The van der Waals surface area contributed by atoms with Gasteiger partial charge >= 0.3 is 0 Å². The van der Waals surface area contributed by atoms with Crippen LogP contribution >= 0.6 is 11.8 Å². The highest BCUT2D eigenvalue weighted by Gasteiger charge is 2.74. The van der Waals surface area contributed by atoms with Crippen molar-refractivity contribution in [2.75, 3.05) is 36.1 Å². The number of carbonyl (C=O) groups excluding carboxylic acids is 3. The number of likely N-dealkylation sites (tertiary alicyclic amines) is 1. The molecule has 4 heterocycles. The summed E-state index contributed by atoms with van der Waals surface area (Å²) in [5.41, 5.74) is 3.54. The van der Waals surface area contributed by atoms with Crippen LogP contribution in [-0.2, 0) is 14.4 Å². The molecule has 0 saturated carbocycles. The zero-order valence-corrected chi connectivity index (χ0v) is 27.7. The molecule has 2 aromatic carbocycles. The summed E-state index contributed by atoms with van der Waals surface area (Å²) >= 11 is 1.56. The summed E-state index contributed by atoms with van der Waals surface area (Å²) in [6.45, 7) is 12.9. The summed E-state index contributed by atoms with van der Waals surface area (Å²) in [6, 6.07) is 12.0. The van der Waals surface area contributed by atoms with E-state index >= 15 is 0 Å². The van der Waals surface area contributed by atoms with Crippen LogP contribution in [0.1, 0.15) is 38.8 Å². The first-order valence-electron chi connectivity index (χ1n) is 15.9. The Morgan fingerprint density at radius 3 is 2.29 bits per heavy atom. The predicted molar refractivity (Wildman–Crippen MR) is 179 cm³/mol. The Morgan fingerprint density at radius 1 is 0.933 bits per heavy atom. The van der Waals surface area contributed by atoms with Gasteiger partial charge in [0.25, 0.3) is 5.91 Å². The standard InChI is InChI=1S/C36H43N3O5S/c1-7-44-26-14-12-25(13-15-26)37-18-8-16-35(6)29(32(37)41)30-33(42)39(28(21-40)22(2)3)31-34(43)38(19-9-17-36(30,31)45-35)27-20-23(4)10-11-24(27)5/h8-17,20,22,28-31,40H,7,18-19,21H2,1-6H3/t28-,29-,30-,31?,35+,36-/m0/s1. The van der Waals surface area contributed by atoms with Crippen molar-refractivity contribution in [3.8, 4) is 5.75 Å². The number of aliphatic hydroxyl groups is 1. The summed E-state index contributed by atoms with van der Waals surface area (Å²) in [5.74, 6) is -1.46. The fourth-order valence-electron chi connectivity index (χ4n) is 7.79. The molecular formula is C36H43N3O5S. The fourth-order valence-corrected chi connectivity index (χ4v) is 9.93. The Labute approximate surface area is 270 Å². The lowest BCUT2D eigenvalue weighted by atomic mass is 9.74. The van der Waals surface area contributed by atoms with Crippen LogP contribution < -0.4 is 14.5 Å². The number of amides is 3. The van der Waals surface area contributed by atoms with E-state index in [1.807, 2.05) is 102 Å². The third-order valence-corrected chi connectivity index (χ3v) is 11.7. The monoisotopic (exact) mass is 629 g/mol. The van der Waals surface area contributed by atoms with Gasteiger partial charge in [0.05, 0.1) is 35.8 Å². The van der Waals surface area contributed by atoms with Crippen LogP contribution in [-0.4, -0.2) is 75.6 Å². The predicted octanol–water partition coefficient (Wildman–Crippen LogP) is 4.91. The molecule has 0 aliphatic carbocycles. The van der Waals surface area contributed by atoms with Crippen molar-refractivity contribution in [1.82, 2.24) is 4.90 Å². The van der Waals surface area contributed by atoms with Gasteiger partial charge in [0, 0.05) is 29.2 Å². The second-order valence-corrected chi connectivity index (χ2v) is 14.9. The van der Waals surface area contributed by atoms with Crippen LogP contribution in [0.4, 0.5) is 11.4 Å². The Kier molecular flexibility index (Phi) is 8.14. The van der Waals surface area contributed by atoms with E-state index < -0.39 is 33.4 Å². The lowest BCUT2D eigenvalue weighted by Crippen LogP contribution is -2.58. The zero-order valence-electron chi connectivity index (χ0n) is 26.9. The number of anilines is 2. The van der Waals surface area contributed by atoms with Crippen molar-refractivity contribution < 1.29 is 24.2 Å². The van der Waals surface area contributed by atoms with Crippen LogP contribution in [0.5, 0.6) is 5.75 Å². The molecule has 1 unspecified atom stereocenters. The number of ether oxygens (including phenoxy) is 1. The van der Waals surface area contributed by atoms with Crippen molar-refractivity contribution >= 4 is 40.9 Å². The third-order valence-electron chi connectivity index (χ3n) is 9.92. The number of aliphatic hydroxyl groups excluding tert-OH is 1. The number of nitrogens with zero attached hydrogens (tertiary/aromatic N) is 3. The van der Waals surface area contributed by atoms with E-state index in [0.717, 1.165) is 28.3 Å². The normalized spacial score (nSPS) is 29.9. The fraction of sp³-hybridized carbons (Fsp3) is 0.472. The molecule has 4 aliphatic rings. The van der Waals surface area contributed by atoms with Crippen LogP contribution in [0.15, 0.2) is 66.8 Å². The molecule has 2 aromatic rings. The maximum Gasteiger partial charge on any atom is 0.251 e. The molecule has 3 amide bonds. The molecule has 45 heavy (non-hydrogen) atoms. The first-order valence-corrected chi connectivity index (χ1v) is 16.7. The van der Waals surface area contributed by atoms with Crippen LogP contribution in [0.3, 0.4) is 0 Å². The highest BCUT2D eigenvalue weighted by Crippen LogP contribution is 2.66. The number of fused-ring (bicyclic) bond motifs is 2. The topological polar surface area (TPSA) is 90.4 Å². The molecule has 6 atom stereocenters. The number of carbonyl (C=O) groups is 3. The Hall–Kier alpha value is -3.56. The lowest BCUT2D eigenvalue weighted by Gasteiger charge is -2.41. The summed E-state index contributed by atoms with van der Waals surface area (Å²) < 4.78 is 3.90. The molecule has 238 valence electrons. The van der Waals surface area contributed by atoms with Gasteiger partial charge in [0.2, 0.25) is 11.8 Å². The summed E-state index contributed by atoms with van der Waals surface area (Å²) in [5, 5.41) is 10.6. The summed E-state index contributed by atoms with van der Waals surface area (Å²) in [7, 11) is 0. The first kappa shape index (κ1) is 31.4. The van der Waals surface area contributed by atoms with E-state index in [1.54, 1.807) is 26.5 Å². The van der Waals surface area contributed by atoms with E-state index in [0.29, 0.717) is 19.7 Å². The molecule has 0 radical (unpaired) electrons. The van der Waals surface area contributed by atoms with Gasteiger partial charge in [-0.05, 0) is 75.1 Å². The first-order chi connectivity index (χ1) is 21.5. The van der Waals surface area contributed by atoms with Gasteiger partial charge in [-0.15, -0.1) is 11.8 Å². The number of hydrogen-bond donors (Lipinski definition) is 1. The maximum absolute atomic E-state index is 14.9. The Morgan fingerprint density at radius 2 is 1.62 bits per heavy atom. The number of hydrogen-bond acceptors (Lipinski definition) is 6. The average Bonchev–Trinajstić information content (AvgIpc) is 3.27. The van der Waals surface area contributed by atoms with Crippen LogP contribution in [0, 0.1) is 31.6 Å². The number of thioether (sulfide) groups is 1. The zero-order chi connectivity index (χ0) is 32.3. The van der Waals surface area contributed by atoms with Crippen LogP contribution in [0.25, 0.3) is 0 Å². The van der Waals surface area contributed by atoms with E-state index in [4.69, 9.17) is 4.74 Å². The largest absolute Gasteiger partial charge is 0.494 e. The second-order valence-electron chi connectivity index (χ2n) is 13.2. The van der Waals surface area contributed by atoms with Crippen molar-refractivity contribution in [2.24, 2.45) is 17.8 Å². The number of benzene rings is 2. The molecule has 9 heteroatoms. The van der Waals surface area contributed by atoms with Gasteiger partial charge in [-0.2, -0.15) is 0 Å². The molecule has 2 saturated heterocycles. The summed E-state index contributed by atoms with van der Waals surface area (Å²) in [4.78, 5) is 49.7. The highest BCUT2D eigenvalue weighted by atomic mass is 32.2. The Bertz CT molecular complexity index is 1570. The summed E-state index contributed by atoms with van der Waals surface area (Å²) in [6.07, 6.45) is 8.09. The van der Waals surface area contributed by atoms with Gasteiger partial charge in [-0.1, -0.05) is 50.3 Å². The number of aryl methyl sites for hydroxylation is 2. The second kappa shape index (κ2) is 11.7. The van der Waals surface area contributed by atoms with Gasteiger partial charge in [-0.25, -0.2) is 0 Å². The van der Waals surface area contributed by atoms with E-state index in [1.165, 1.54) is 0 Å². The van der Waals surface area contributed by atoms with Crippen molar-refractivity contribution in [1.29, 1.82) is 0 Å². The third kappa shape index (κ3) is 4.90. The molecule has 6 rings (SSSR count). The molecule has 4 aliphatic heterocycles. The van der Waals surface area contributed by atoms with Gasteiger partial charge in [-0.3, -0.25) is 14.4 Å². The van der Waals surface area contributed by atoms with Gasteiger partial charge < -0.3 is 24.5 Å².